The van der Waals surface area contributed by atoms with Crippen molar-refractivity contribution in [3.8, 4) is 0 Å². The number of nitrogens with one attached hydrogen (secondary N) is 2. The van der Waals surface area contributed by atoms with Crippen LogP contribution in [0.1, 0.15) is 40.5 Å². The first-order valence-corrected chi connectivity index (χ1v) is 10.9. The normalized spacial score (nSPS) is 35.6. The summed E-state index contributed by atoms with van der Waals surface area (Å²) < 4.78 is 29.1. The second kappa shape index (κ2) is 7.88. The summed E-state index contributed by atoms with van der Waals surface area (Å²) in [7, 11) is -2.84. The molecule has 6 nitrogen and oxygen atoms in total. The van der Waals surface area contributed by atoms with Crippen molar-refractivity contribution < 1.29 is 13.2 Å². The van der Waals surface area contributed by atoms with Crippen LogP contribution in [-0.4, -0.2) is 57.2 Å². The molecular formula is C17H32IN3O3S. The topological polar surface area (TPSA) is 79.8 Å². The number of aliphatic imine (C=N–C) groups is 1. The van der Waals surface area contributed by atoms with Crippen LogP contribution < -0.4 is 10.6 Å². The maximum atomic E-state index is 11.6. The molecule has 0 spiro atoms. The summed E-state index contributed by atoms with van der Waals surface area (Å²) in [5.41, 5.74) is 0.0945. The molecule has 0 aromatic carbocycles. The van der Waals surface area contributed by atoms with Crippen molar-refractivity contribution in [2.75, 3.05) is 24.7 Å². The van der Waals surface area contributed by atoms with Gasteiger partial charge in [-0.05, 0) is 32.6 Å². The predicted octanol–water partition coefficient (Wildman–Crippen LogP) is 1.80. The van der Waals surface area contributed by atoms with E-state index < -0.39 is 9.84 Å². The van der Waals surface area contributed by atoms with Gasteiger partial charge in [0.25, 0.3) is 0 Å². The van der Waals surface area contributed by atoms with Crippen LogP contribution in [0.4, 0.5) is 0 Å². The summed E-state index contributed by atoms with van der Waals surface area (Å²) in [4.78, 5) is 4.70. The van der Waals surface area contributed by atoms with Crippen molar-refractivity contribution >= 4 is 39.8 Å². The fourth-order valence-electron chi connectivity index (χ4n) is 4.41. The Kier molecular flexibility index (Phi) is 6.69. The highest BCUT2D eigenvalue weighted by molar-refractivity contribution is 14.0. The molecule has 0 bridgehead atoms. The molecule has 0 radical (unpaired) electrons. The Labute approximate surface area is 168 Å². The van der Waals surface area contributed by atoms with Gasteiger partial charge in [0, 0.05) is 36.6 Å². The minimum absolute atomic E-state index is 0. The second-order valence-electron chi connectivity index (χ2n) is 8.44. The van der Waals surface area contributed by atoms with Crippen molar-refractivity contribution in [3.63, 3.8) is 0 Å². The van der Waals surface area contributed by atoms with Crippen molar-refractivity contribution in [2.45, 2.75) is 58.7 Å². The lowest BCUT2D eigenvalue weighted by atomic mass is 9.57. The molecule has 2 saturated heterocycles. The third-order valence-corrected chi connectivity index (χ3v) is 7.49. The molecule has 3 fully saturated rings. The van der Waals surface area contributed by atoms with E-state index in [9.17, 15) is 8.42 Å². The second-order valence-corrected chi connectivity index (χ2v) is 10.7. The van der Waals surface area contributed by atoms with Crippen LogP contribution in [-0.2, 0) is 14.6 Å². The molecule has 2 aliphatic heterocycles. The molecule has 4 unspecified atom stereocenters. The number of nitrogens with zero attached hydrogens (tertiary/aromatic N) is 1. The maximum Gasteiger partial charge on any atom is 0.191 e. The highest BCUT2D eigenvalue weighted by Crippen LogP contribution is 2.52. The third-order valence-electron chi connectivity index (χ3n) is 5.65. The van der Waals surface area contributed by atoms with Crippen molar-refractivity contribution in [1.82, 2.24) is 10.6 Å². The Morgan fingerprint density at radius 2 is 2.04 bits per heavy atom. The maximum absolute atomic E-state index is 11.6. The highest BCUT2D eigenvalue weighted by atomic mass is 127. The van der Waals surface area contributed by atoms with E-state index in [4.69, 9.17) is 9.73 Å². The van der Waals surface area contributed by atoms with Crippen LogP contribution in [0.5, 0.6) is 0 Å². The molecule has 0 amide bonds. The van der Waals surface area contributed by atoms with Gasteiger partial charge in [-0.1, -0.05) is 13.8 Å². The Morgan fingerprint density at radius 1 is 1.32 bits per heavy atom. The van der Waals surface area contributed by atoms with Crippen LogP contribution in [0.2, 0.25) is 0 Å². The summed E-state index contributed by atoms with van der Waals surface area (Å²) in [6, 6.07) is 0.629. The Bertz CT molecular complexity index is 606. The first-order chi connectivity index (χ1) is 11.2. The molecule has 0 aromatic heterocycles. The van der Waals surface area contributed by atoms with E-state index in [0.717, 1.165) is 25.4 Å². The van der Waals surface area contributed by atoms with Gasteiger partial charge < -0.3 is 15.4 Å². The average molecular weight is 485 g/mol. The predicted molar refractivity (Wildman–Crippen MR) is 111 cm³/mol. The minimum Gasteiger partial charge on any atom is -0.377 e. The molecule has 4 atom stereocenters. The van der Waals surface area contributed by atoms with Gasteiger partial charge in [-0.15, -0.1) is 24.0 Å². The molecule has 2 N–H and O–H groups in total. The van der Waals surface area contributed by atoms with E-state index in [0.29, 0.717) is 30.4 Å². The van der Waals surface area contributed by atoms with Gasteiger partial charge in [-0.25, -0.2) is 8.42 Å². The quantitative estimate of drug-likeness (QED) is 0.361. The molecule has 3 aliphatic rings. The number of halogens is 1. The van der Waals surface area contributed by atoms with Crippen LogP contribution in [0.15, 0.2) is 4.99 Å². The van der Waals surface area contributed by atoms with E-state index in [1.165, 1.54) is 0 Å². The van der Waals surface area contributed by atoms with Gasteiger partial charge in [0.1, 0.15) is 0 Å². The first-order valence-electron chi connectivity index (χ1n) is 9.08. The Morgan fingerprint density at radius 3 is 2.64 bits per heavy atom. The zero-order valence-corrected chi connectivity index (χ0v) is 18.8. The molecule has 1 saturated carbocycles. The fraction of sp³-hybridized carbons (Fsp3) is 0.941. The summed E-state index contributed by atoms with van der Waals surface area (Å²) in [5, 5.41) is 6.99. The Hall–Kier alpha value is -0.0900. The largest absolute Gasteiger partial charge is 0.377 e. The SMILES string of the molecule is CC(C)NC(=NCC1CCS(=O)(=O)C1)NC1C2CCOC2C1(C)C.I. The highest BCUT2D eigenvalue weighted by Gasteiger charge is 2.59. The molecule has 8 heteroatoms. The van der Waals surface area contributed by atoms with E-state index in [1.807, 2.05) is 0 Å². The smallest absolute Gasteiger partial charge is 0.191 e. The van der Waals surface area contributed by atoms with E-state index in [1.54, 1.807) is 0 Å². The van der Waals surface area contributed by atoms with Gasteiger partial charge >= 0.3 is 0 Å². The summed E-state index contributed by atoms with van der Waals surface area (Å²) in [6.45, 7) is 10.1. The van der Waals surface area contributed by atoms with Crippen LogP contribution in [0.25, 0.3) is 0 Å². The molecular weight excluding hydrogens is 453 g/mol. The van der Waals surface area contributed by atoms with Gasteiger partial charge in [0.05, 0.1) is 17.6 Å². The van der Waals surface area contributed by atoms with Crippen LogP contribution >= 0.6 is 24.0 Å². The Balaban J connectivity index is 0.00000225. The number of rotatable bonds is 4. The summed E-state index contributed by atoms with van der Waals surface area (Å²) in [6.07, 6.45) is 2.17. The fourth-order valence-corrected chi connectivity index (χ4v) is 6.26. The van der Waals surface area contributed by atoms with E-state index in [-0.39, 0.29) is 47.1 Å². The molecule has 0 aromatic rings. The van der Waals surface area contributed by atoms with Gasteiger partial charge in [-0.3, -0.25) is 4.99 Å². The lowest BCUT2D eigenvalue weighted by molar-refractivity contribution is -0.106. The lowest BCUT2D eigenvalue weighted by Crippen LogP contribution is -2.68. The zero-order valence-electron chi connectivity index (χ0n) is 15.6. The molecule has 1 aliphatic carbocycles. The van der Waals surface area contributed by atoms with Crippen molar-refractivity contribution in [2.24, 2.45) is 22.2 Å². The van der Waals surface area contributed by atoms with Gasteiger partial charge in [0.2, 0.25) is 0 Å². The number of sulfone groups is 1. The van der Waals surface area contributed by atoms with Crippen molar-refractivity contribution in [3.05, 3.63) is 0 Å². The number of hydrogen-bond acceptors (Lipinski definition) is 4. The van der Waals surface area contributed by atoms with E-state index in [2.05, 4.69) is 38.3 Å². The van der Waals surface area contributed by atoms with E-state index >= 15 is 0 Å². The molecule has 146 valence electrons. The zero-order chi connectivity index (χ0) is 17.5. The van der Waals surface area contributed by atoms with Gasteiger partial charge in [-0.2, -0.15) is 0 Å². The number of ether oxygens (including phenoxy) is 1. The minimum atomic E-state index is -2.84. The molecule has 2 heterocycles. The van der Waals surface area contributed by atoms with Crippen molar-refractivity contribution in [1.29, 1.82) is 0 Å². The number of fused-ring (bicyclic) bond motifs is 1. The number of hydrogen-bond donors (Lipinski definition) is 2. The van der Waals surface area contributed by atoms with Crippen LogP contribution in [0.3, 0.4) is 0 Å². The molecule has 25 heavy (non-hydrogen) atoms. The summed E-state index contributed by atoms with van der Waals surface area (Å²) >= 11 is 0. The average Bonchev–Trinajstić information content (AvgIpc) is 3.06. The first kappa shape index (κ1) is 21.2. The van der Waals surface area contributed by atoms with Gasteiger partial charge in [0.15, 0.2) is 15.8 Å². The standard InChI is InChI=1S/C17H31N3O3S.HI/c1-11(2)19-16(18-9-12-6-8-24(21,22)10-12)20-14-13-5-7-23-15(13)17(14,3)4;/h11-15H,5-10H2,1-4H3,(H2,18,19,20);1H. The number of guanidine groups is 1. The lowest BCUT2D eigenvalue weighted by Gasteiger charge is -2.55. The third kappa shape index (κ3) is 4.61. The van der Waals surface area contributed by atoms with Crippen LogP contribution in [0, 0.1) is 17.3 Å². The molecule has 3 rings (SSSR count). The monoisotopic (exact) mass is 485 g/mol. The summed E-state index contributed by atoms with van der Waals surface area (Å²) in [5.74, 6) is 2.09.